The SMILES string of the molecule is COCCCn1c(SCc2ncc(-c3ccc(Cl)cc3)o2)nc2ccccc2c1=O. The van der Waals surface area contributed by atoms with Gasteiger partial charge in [-0.1, -0.05) is 35.5 Å². The van der Waals surface area contributed by atoms with Crippen LogP contribution >= 0.6 is 23.4 Å². The van der Waals surface area contributed by atoms with Crippen LogP contribution in [0, 0.1) is 0 Å². The number of hydrogen-bond acceptors (Lipinski definition) is 6. The van der Waals surface area contributed by atoms with Gasteiger partial charge in [-0.2, -0.15) is 0 Å². The standard InChI is InChI=1S/C22H20ClN3O3S/c1-28-12-4-11-26-21(27)17-5-2-3-6-18(17)25-22(26)30-14-20-24-13-19(29-20)15-7-9-16(23)10-8-15/h2-3,5-10,13H,4,11-12,14H2,1H3. The lowest BCUT2D eigenvalue weighted by atomic mass is 10.2. The number of hydrogen-bond donors (Lipinski definition) is 0. The summed E-state index contributed by atoms with van der Waals surface area (Å²) in [6.45, 7) is 1.11. The van der Waals surface area contributed by atoms with E-state index in [1.807, 2.05) is 42.5 Å². The Bertz CT molecular complexity index is 1200. The van der Waals surface area contributed by atoms with E-state index in [0.29, 0.717) is 51.6 Å². The summed E-state index contributed by atoms with van der Waals surface area (Å²) in [5.74, 6) is 1.70. The molecule has 0 radical (unpaired) electrons. The highest BCUT2D eigenvalue weighted by Crippen LogP contribution is 2.26. The molecule has 0 spiro atoms. The van der Waals surface area contributed by atoms with E-state index in [9.17, 15) is 4.79 Å². The van der Waals surface area contributed by atoms with Crippen molar-refractivity contribution in [3.05, 3.63) is 76.0 Å². The maximum atomic E-state index is 13.0. The van der Waals surface area contributed by atoms with Crippen LogP contribution in [0.15, 0.2) is 69.1 Å². The third kappa shape index (κ3) is 4.59. The van der Waals surface area contributed by atoms with Crippen molar-refractivity contribution in [1.29, 1.82) is 0 Å². The van der Waals surface area contributed by atoms with E-state index in [0.717, 1.165) is 12.0 Å². The number of fused-ring (bicyclic) bond motifs is 1. The second-order valence-electron chi connectivity index (χ2n) is 6.63. The molecular weight excluding hydrogens is 422 g/mol. The molecule has 2 aromatic carbocycles. The van der Waals surface area contributed by atoms with E-state index in [2.05, 4.69) is 4.98 Å². The summed E-state index contributed by atoms with van der Waals surface area (Å²) in [5.41, 5.74) is 1.54. The first-order chi connectivity index (χ1) is 14.7. The fraction of sp³-hybridized carbons (Fsp3) is 0.227. The molecule has 2 aromatic heterocycles. The number of methoxy groups -OCH3 is 1. The van der Waals surface area contributed by atoms with Crippen molar-refractivity contribution < 1.29 is 9.15 Å². The highest BCUT2D eigenvalue weighted by atomic mass is 35.5. The molecule has 0 N–H and O–H groups in total. The fourth-order valence-corrected chi connectivity index (χ4v) is 4.08. The molecule has 0 saturated heterocycles. The molecular formula is C22H20ClN3O3S. The van der Waals surface area contributed by atoms with Crippen molar-refractivity contribution in [3.63, 3.8) is 0 Å². The minimum absolute atomic E-state index is 0.0477. The summed E-state index contributed by atoms with van der Waals surface area (Å²) in [7, 11) is 1.65. The Morgan fingerprint density at radius 2 is 1.97 bits per heavy atom. The van der Waals surface area contributed by atoms with Crippen LogP contribution in [-0.2, 0) is 17.0 Å². The third-order valence-electron chi connectivity index (χ3n) is 4.56. The zero-order valence-corrected chi connectivity index (χ0v) is 17.9. The summed E-state index contributed by atoms with van der Waals surface area (Å²) in [5, 5.41) is 1.92. The molecule has 0 atom stereocenters. The van der Waals surface area contributed by atoms with E-state index < -0.39 is 0 Å². The number of halogens is 1. The minimum Gasteiger partial charge on any atom is -0.440 e. The van der Waals surface area contributed by atoms with Crippen molar-refractivity contribution in [2.45, 2.75) is 23.9 Å². The van der Waals surface area contributed by atoms with Crippen molar-refractivity contribution in [2.75, 3.05) is 13.7 Å². The molecule has 0 saturated carbocycles. The molecule has 0 aliphatic rings. The Kier molecular flexibility index (Phi) is 6.52. The average molecular weight is 442 g/mol. The van der Waals surface area contributed by atoms with Gasteiger partial charge in [-0.25, -0.2) is 9.97 Å². The lowest BCUT2D eigenvalue weighted by Gasteiger charge is -2.12. The zero-order chi connectivity index (χ0) is 20.9. The van der Waals surface area contributed by atoms with Gasteiger partial charge in [0, 0.05) is 30.8 Å². The predicted octanol–water partition coefficient (Wildman–Crippen LogP) is 5.03. The molecule has 6 nitrogen and oxygen atoms in total. The largest absolute Gasteiger partial charge is 0.440 e. The van der Waals surface area contributed by atoms with Gasteiger partial charge < -0.3 is 9.15 Å². The molecule has 0 fully saturated rings. The fourth-order valence-electron chi connectivity index (χ4n) is 3.07. The van der Waals surface area contributed by atoms with Gasteiger partial charge in [0.2, 0.25) is 5.89 Å². The monoisotopic (exact) mass is 441 g/mol. The third-order valence-corrected chi connectivity index (χ3v) is 5.78. The first-order valence-corrected chi connectivity index (χ1v) is 10.8. The Morgan fingerprint density at radius 3 is 2.77 bits per heavy atom. The van der Waals surface area contributed by atoms with Crippen LogP contribution in [0.5, 0.6) is 0 Å². The van der Waals surface area contributed by atoms with Gasteiger partial charge in [0.05, 0.1) is 22.9 Å². The topological polar surface area (TPSA) is 70.2 Å². The molecule has 0 amide bonds. The van der Waals surface area contributed by atoms with Gasteiger partial charge in [0.15, 0.2) is 10.9 Å². The quantitative estimate of drug-likeness (QED) is 0.217. The highest BCUT2D eigenvalue weighted by Gasteiger charge is 2.13. The molecule has 0 aliphatic carbocycles. The Labute approximate surface area is 182 Å². The van der Waals surface area contributed by atoms with Crippen LogP contribution in [0.25, 0.3) is 22.2 Å². The summed E-state index contributed by atoms with van der Waals surface area (Å²) < 4.78 is 12.7. The maximum Gasteiger partial charge on any atom is 0.262 e. The molecule has 4 rings (SSSR count). The number of aromatic nitrogens is 3. The van der Waals surface area contributed by atoms with Crippen molar-refractivity contribution in [2.24, 2.45) is 0 Å². The molecule has 0 aliphatic heterocycles. The zero-order valence-electron chi connectivity index (χ0n) is 16.4. The first-order valence-electron chi connectivity index (χ1n) is 9.47. The molecule has 30 heavy (non-hydrogen) atoms. The number of para-hydroxylation sites is 1. The number of nitrogens with zero attached hydrogens (tertiary/aromatic N) is 3. The lowest BCUT2D eigenvalue weighted by Crippen LogP contribution is -2.24. The number of thioether (sulfide) groups is 1. The van der Waals surface area contributed by atoms with E-state index in [1.165, 1.54) is 11.8 Å². The van der Waals surface area contributed by atoms with Gasteiger partial charge in [0.1, 0.15) is 0 Å². The molecule has 8 heteroatoms. The number of benzene rings is 2. The lowest BCUT2D eigenvalue weighted by molar-refractivity contribution is 0.189. The van der Waals surface area contributed by atoms with E-state index in [4.69, 9.17) is 25.7 Å². The molecule has 4 aromatic rings. The average Bonchev–Trinajstić information content (AvgIpc) is 3.24. The number of rotatable bonds is 8. The van der Waals surface area contributed by atoms with Crippen molar-refractivity contribution in [3.8, 4) is 11.3 Å². The normalized spacial score (nSPS) is 11.3. The van der Waals surface area contributed by atoms with E-state index >= 15 is 0 Å². The predicted molar refractivity (Wildman–Crippen MR) is 119 cm³/mol. The van der Waals surface area contributed by atoms with Gasteiger partial charge >= 0.3 is 0 Å². The molecule has 2 heterocycles. The van der Waals surface area contributed by atoms with E-state index in [1.54, 1.807) is 23.9 Å². The van der Waals surface area contributed by atoms with Crippen LogP contribution in [0.4, 0.5) is 0 Å². The van der Waals surface area contributed by atoms with Gasteiger partial charge in [-0.15, -0.1) is 0 Å². The van der Waals surface area contributed by atoms with Gasteiger partial charge in [-0.05, 0) is 42.8 Å². The Morgan fingerprint density at radius 1 is 1.17 bits per heavy atom. The van der Waals surface area contributed by atoms with Crippen LogP contribution in [0.2, 0.25) is 5.02 Å². The molecule has 0 unspecified atom stereocenters. The summed E-state index contributed by atoms with van der Waals surface area (Å²) in [6.07, 6.45) is 2.42. The maximum absolute atomic E-state index is 13.0. The second kappa shape index (κ2) is 9.47. The first kappa shape index (κ1) is 20.7. The Hall–Kier alpha value is -2.61. The second-order valence-corrected chi connectivity index (χ2v) is 8.01. The molecule has 154 valence electrons. The Balaban J connectivity index is 1.58. The number of oxazole rings is 1. The van der Waals surface area contributed by atoms with Crippen molar-refractivity contribution in [1.82, 2.24) is 14.5 Å². The van der Waals surface area contributed by atoms with Crippen LogP contribution in [0.3, 0.4) is 0 Å². The molecule has 0 bridgehead atoms. The van der Waals surface area contributed by atoms with Gasteiger partial charge in [0.25, 0.3) is 5.56 Å². The highest BCUT2D eigenvalue weighted by molar-refractivity contribution is 7.98. The van der Waals surface area contributed by atoms with Gasteiger partial charge in [-0.3, -0.25) is 9.36 Å². The van der Waals surface area contributed by atoms with Crippen molar-refractivity contribution >= 4 is 34.3 Å². The van der Waals surface area contributed by atoms with Crippen LogP contribution in [-0.4, -0.2) is 28.3 Å². The summed E-state index contributed by atoms with van der Waals surface area (Å²) in [4.78, 5) is 22.1. The van der Waals surface area contributed by atoms with Crippen LogP contribution < -0.4 is 5.56 Å². The van der Waals surface area contributed by atoms with Crippen LogP contribution in [0.1, 0.15) is 12.3 Å². The summed E-state index contributed by atoms with van der Waals surface area (Å²) in [6, 6.07) is 14.8. The smallest absolute Gasteiger partial charge is 0.262 e. The van der Waals surface area contributed by atoms with E-state index in [-0.39, 0.29) is 5.56 Å². The number of ether oxygens (including phenoxy) is 1. The summed E-state index contributed by atoms with van der Waals surface area (Å²) >= 11 is 7.38. The minimum atomic E-state index is -0.0477.